The van der Waals surface area contributed by atoms with E-state index in [1.165, 1.54) is 25.3 Å². The summed E-state index contributed by atoms with van der Waals surface area (Å²) in [5.41, 5.74) is 0.144. The molecule has 0 fully saturated rings. The van der Waals surface area contributed by atoms with Gasteiger partial charge in [0.15, 0.2) is 0 Å². The van der Waals surface area contributed by atoms with Crippen molar-refractivity contribution in [3.63, 3.8) is 0 Å². The molecule has 5 heteroatoms. The van der Waals surface area contributed by atoms with Crippen LogP contribution in [-0.2, 0) is 9.47 Å². The standard InChI is InChI=1S/C13H16O5/c1-8(2)7-18-13(16)10-6-9(12(15)17-3)4-5-11(10)14/h4-6,8,14H,7H2,1-3H3. The molecule has 0 amide bonds. The topological polar surface area (TPSA) is 72.8 Å². The summed E-state index contributed by atoms with van der Waals surface area (Å²) in [5, 5.41) is 9.57. The Morgan fingerprint density at radius 2 is 1.94 bits per heavy atom. The second kappa shape index (κ2) is 6.05. The van der Waals surface area contributed by atoms with Crippen molar-refractivity contribution >= 4 is 11.9 Å². The smallest absolute Gasteiger partial charge is 0.341 e. The zero-order chi connectivity index (χ0) is 13.7. The van der Waals surface area contributed by atoms with Crippen LogP contribution in [-0.4, -0.2) is 30.8 Å². The zero-order valence-electron chi connectivity index (χ0n) is 10.6. The Morgan fingerprint density at radius 3 is 2.50 bits per heavy atom. The van der Waals surface area contributed by atoms with E-state index in [1.54, 1.807) is 0 Å². The minimum atomic E-state index is -0.660. The number of benzene rings is 1. The zero-order valence-corrected chi connectivity index (χ0v) is 10.6. The average molecular weight is 252 g/mol. The molecule has 5 nitrogen and oxygen atoms in total. The number of ether oxygens (including phenoxy) is 2. The van der Waals surface area contributed by atoms with Gasteiger partial charge < -0.3 is 14.6 Å². The maximum Gasteiger partial charge on any atom is 0.341 e. The molecule has 0 aliphatic carbocycles. The largest absolute Gasteiger partial charge is 0.507 e. The van der Waals surface area contributed by atoms with Crippen molar-refractivity contribution in [3.05, 3.63) is 29.3 Å². The van der Waals surface area contributed by atoms with Gasteiger partial charge in [0.1, 0.15) is 11.3 Å². The summed E-state index contributed by atoms with van der Waals surface area (Å²) in [7, 11) is 1.24. The molecule has 1 aromatic carbocycles. The minimum Gasteiger partial charge on any atom is -0.507 e. The van der Waals surface area contributed by atoms with E-state index >= 15 is 0 Å². The van der Waals surface area contributed by atoms with Crippen molar-refractivity contribution in [1.82, 2.24) is 0 Å². The van der Waals surface area contributed by atoms with Crippen molar-refractivity contribution in [3.8, 4) is 5.75 Å². The molecule has 98 valence electrons. The van der Waals surface area contributed by atoms with E-state index in [0.717, 1.165) is 0 Å². The van der Waals surface area contributed by atoms with Gasteiger partial charge in [-0.2, -0.15) is 0 Å². The van der Waals surface area contributed by atoms with E-state index in [0.29, 0.717) is 0 Å². The van der Waals surface area contributed by atoms with Gasteiger partial charge in [0, 0.05) is 0 Å². The lowest BCUT2D eigenvalue weighted by atomic mass is 10.1. The van der Waals surface area contributed by atoms with Crippen LogP contribution in [0.4, 0.5) is 0 Å². The number of carbonyl (C=O) groups excluding carboxylic acids is 2. The number of phenols is 1. The molecular weight excluding hydrogens is 236 g/mol. The van der Waals surface area contributed by atoms with Gasteiger partial charge in [-0.3, -0.25) is 0 Å². The van der Waals surface area contributed by atoms with E-state index in [2.05, 4.69) is 4.74 Å². The van der Waals surface area contributed by atoms with Crippen molar-refractivity contribution in [2.24, 2.45) is 5.92 Å². The van der Waals surface area contributed by atoms with Crippen molar-refractivity contribution in [2.45, 2.75) is 13.8 Å². The highest BCUT2D eigenvalue weighted by molar-refractivity contribution is 5.97. The third-order valence-corrected chi connectivity index (χ3v) is 2.19. The van der Waals surface area contributed by atoms with E-state index in [1.807, 2.05) is 13.8 Å². The maximum atomic E-state index is 11.7. The molecule has 0 bridgehead atoms. The van der Waals surface area contributed by atoms with Crippen molar-refractivity contribution < 1.29 is 24.2 Å². The highest BCUT2D eigenvalue weighted by atomic mass is 16.5. The normalized spacial score (nSPS) is 10.2. The highest BCUT2D eigenvalue weighted by Crippen LogP contribution is 2.20. The Morgan fingerprint density at radius 1 is 1.28 bits per heavy atom. The first-order valence-electron chi connectivity index (χ1n) is 5.54. The number of methoxy groups -OCH3 is 1. The Balaban J connectivity index is 2.93. The Labute approximate surface area is 105 Å². The maximum absolute atomic E-state index is 11.7. The first-order valence-corrected chi connectivity index (χ1v) is 5.54. The van der Waals surface area contributed by atoms with Crippen LogP contribution in [0.1, 0.15) is 34.6 Å². The second-order valence-corrected chi connectivity index (χ2v) is 4.22. The van der Waals surface area contributed by atoms with Gasteiger partial charge in [0.2, 0.25) is 0 Å². The molecule has 0 aromatic heterocycles. The predicted octanol–water partition coefficient (Wildman–Crippen LogP) is 1.99. The van der Waals surface area contributed by atoms with Gasteiger partial charge in [-0.15, -0.1) is 0 Å². The van der Waals surface area contributed by atoms with Crippen LogP contribution in [0.2, 0.25) is 0 Å². The first-order chi connectivity index (χ1) is 8.45. The predicted molar refractivity (Wildman–Crippen MR) is 64.6 cm³/mol. The number of aromatic hydroxyl groups is 1. The molecule has 0 unspecified atom stereocenters. The Bertz CT molecular complexity index is 451. The van der Waals surface area contributed by atoms with Crippen LogP contribution in [0.15, 0.2) is 18.2 Å². The minimum absolute atomic E-state index is 0.0430. The average Bonchev–Trinajstić information content (AvgIpc) is 2.35. The molecule has 0 atom stereocenters. The lowest BCUT2D eigenvalue weighted by Gasteiger charge is -2.09. The van der Waals surface area contributed by atoms with Crippen LogP contribution in [0.3, 0.4) is 0 Å². The van der Waals surface area contributed by atoms with Crippen molar-refractivity contribution in [1.29, 1.82) is 0 Å². The summed E-state index contributed by atoms with van der Waals surface area (Å²) in [6.07, 6.45) is 0. The van der Waals surface area contributed by atoms with E-state index in [4.69, 9.17) is 4.74 Å². The summed E-state index contributed by atoms with van der Waals surface area (Å²) >= 11 is 0. The van der Waals surface area contributed by atoms with Crippen LogP contribution in [0.5, 0.6) is 5.75 Å². The molecule has 0 saturated carbocycles. The number of esters is 2. The molecule has 1 rings (SSSR count). The lowest BCUT2D eigenvalue weighted by Crippen LogP contribution is -2.11. The van der Waals surface area contributed by atoms with Crippen LogP contribution in [0, 0.1) is 5.92 Å². The monoisotopic (exact) mass is 252 g/mol. The van der Waals surface area contributed by atoms with Crippen LogP contribution >= 0.6 is 0 Å². The molecule has 1 N–H and O–H groups in total. The molecule has 0 aliphatic heterocycles. The molecule has 18 heavy (non-hydrogen) atoms. The molecule has 0 aliphatic rings. The fourth-order valence-corrected chi connectivity index (χ4v) is 1.26. The Kier molecular flexibility index (Phi) is 4.71. The summed E-state index contributed by atoms with van der Waals surface area (Å²) < 4.78 is 9.52. The number of phenolic OH excluding ortho intramolecular Hbond substituents is 1. The van der Waals surface area contributed by atoms with Gasteiger partial charge >= 0.3 is 11.9 Å². The van der Waals surface area contributed by atoms with E-state index in [-0.39, 0.29) is 29.4 Å². The molecule has 1 aromatic rings. The van der Waals surface area contributed by atoms with Crippen LogP contribution in [0.25, 0.3) is 0 Å². The first kappa shape index (κ1) is 14.0. The third kappa shape index (κ3) is 3.48. The Hall–Kier alpha value is -2.04. The van der Waals surface area contributed by atoms with E-state index in [9.17, 15) is 14.7 Å². The molecule has 0 radical (unpaired) electrons. The summed E-state index contributed by atoms with van der Waals surface area (Å²) in [6, 6.07) is 3.89. The van der Waals surface area contributed by atoms with Gasteiger partial charge in [-0.05, 0) is 24.1 Å². The number of rotatable bonds is 4. The third-order valence-electron chi connectivity index (χ3n) is 2.19. The van der Waals surface area contributed by atoms with Gasteiger partial charge in [-0.25, -0.2) is 9.59 Å². The molecule has 0 spiro atoms. The van der Waals surface area contributed by atoms with Crippen LogP contribution < -0.4 is 0 Å². The summed E-state index contributed by atoms with van der Waals surface area (Å²) in [6.45, 7) is 4.05. The van der Waals surface area contributed by atoms with Gasteiger partial charge in [-0.1, -0.05) is 13.8 Å². The summed E-state index contributed by atoms with van der Waals surface area (Å²) in [5.74, 6) is -1.27. The number of hydrogen-bond acceptors (Lipinski definition) is 5. The number of carbonyl (C=O) groups is 2. The molecule has 0 heterocycles. The lowest BCUT2D eigenvalue weighted by molar-refractivity contribution is 0.0455. The highest BCUT2D eigenvalue weighted by Gasteiger charge is 2.16. The molecular formula is C13H16O5. The fraction of sp³-hybridized carbons (Fsp3) is 0.385. The van der Waals surface area contributed by atoms with Gasteiger partial charge in [0.25, 0.3) is 0 Å². The quantitative estimate of drug-likeness (QED) is 0.829. The summed E-state index contributed by atoms with van der Waals surface area (Å²) in [4.78, 5) is 23.0. The van der Waals surface area contributed by atoms with E-state index < -0.39 is 11.9 Å². The molecule has 0 saturated heterocycles. The number of hydrogen-bond donors (Lipinski definition) is 1. The SMILES string of the molecule is COC(=O)c1ccc(O)c(C(=O)OCC(C)C)c1. The van der Waals surface area contributed by atoms with Crippen molar-refractivity contribution in [2.75, 3.05) is 13.7 Å². The van der Waals surface area contributed by atoms with Gasteiger partial charge in [0.05, 0.1) is 19.3 Å². The fourth-order valence-electron chi connectivity index (χ4n) is 1.26. The second-order valence-electron chi connectivity index (χ2n) is 4.22.